The zero-order valence-corrected chi connectivity index (χ0v) is 8.76. The van der Waals surface area contributed by atoms with Gasteiger partial charge in [0.2, 0.25) is 10.0 Å². The van der Waals surface area contributed by atoms with E-state index in [9.17, 15) is 13.2 Å². The molecule has 0 bridgehead atoms. The normalized spacial score (nSPS) is 11.4. The summed E-state index contributed by atoms with van der Waals surface area (Å²) in [5, 5.41) is 4.99. The molecule has 0 saturated carbocycles. The van der Waals surface area contributed by atoms with Gasteiger partial charge in [-0.3, -0.25) is 4.79 Å². The van der Waals surface area contributed by atoms with Gasteiger partial charge in [0.25, 0.3) is 0 Å². The molecule has 1 aromatic carbocycles. The molecule has 4 nitrogen and oxygen atoms in total. The number of hydrogen-bond acceptors (Lipinski definition) is 3. The molecule has 0 aliphatic heterocycles. The van der Waals surface area contributed by atoms with Crippen LogP contribution >= 0.6 is 0 Å². The first-order valence-electron chi connectivity index (χ1n) is 3.97. The second-order valence-corrected chi connectivity index (χ2v) is 4.61. The highest BCUT2D eigenvalue weighted by Gasteiger charge is 2.13. The van der Waals surface area contributed by atoms with Crippen LogP contribution in [0.25, 0.3) is 0 Å². The number of aryl methyl sites for hydroxylation is 1. The standard InChI is InChI=1S/C9H11NO3S/c1-6-3-4-8(7(2)11)5-9(6)14(10,12)13/h3-5H,1-2H3,(H2,10,12,13). The molecule has 0 unspecified atom stereocenters. The highest BCUT2D eigenvalue weighted by atomic mass is 32.2. The van der Waals surface area contributed by atoms with Crippen LogP contribution in [0, 0.1) is 6.92 Å². The van der Waals surface area contributed by atoms with E-state index in [1.165, 1.54) is 13.0 Å². The zero-order chi connectivity index (χ0) is 10.9. The van der Waals surface area contributed by atoms with Crippen molar-refractivity contribution in [3.05, 3.63) is 29.3 Å². The van der Waals surface area contributed by atoms with E-state index in [-0.39, 0.29) is 10.7 Å². The molecule has 0 amide bonds. The van der Waals surface area contributed by atoms with Crippen LogP contribution in [0.5, 0.6) is 0 Å². The predicted octanol–water partition coefficient (Wildman–Crippen LogP) is 0.845. The molecule has 1 aromatic rings. The predicted molar refractivity (Wildman–Crippen MR) is 52.6 cm³/mol. The van der Waals surface area contributed by atoms with E-state index in [4.69, 9.17) is 5.14 Å². The van der Waals surface area contributed by atoms with Gasteiger partial charge < -0.3 is 0 Å². The molecule has 0 spiro atoms. The molecular formula is C9H11NO3S. The molecule has 5 heteroatoms. The van der Waals surface area contributed by atoms with Crippen molar-refractivity contribution in [1.82, 2.24) is 0 Å². The van der Waals surface area contributed by atoms with Crippen molar-refractivity contribution < 1.29 is 13.2 Å². The van der Waals surface area contributed by atoms with Gasteiger partial charge in [0.15, 0.2) is 5.78 Å². The Balaban J connectivity index is 3.44. The summed E-state index contributed by atoms with van der Waals surface area (Å²) in [5.41, 5.74) is 0.886. The Kier molecular flexibility index (Phi) is 2.73. The van der Waals surface area contributed by atoms with E-state index in [1.807, 2.05) is 0 Å². The van der Waals surface area contributed by atoms with Crippen molar-refractivity contribution in [2.75, 3.05) is 0 Å². The third-order valence-corrected chi connectivity index (χ3v) is 2.95. The lowest BCUT2D eigenvalue weighted by Gasteiger charge is -2.04. The molecule has 76 valence electrons. The van der Waals surface area contributed by atoms with E-state index in [0.29, 0.717) is 11.1 Å². The fourth-order valence-electron chi connectivity index (χ4n) is 1.13. The molecule has 0 aliphatic rings. The van der Waals surface area contributed by atoms with Gasteiger partial charge in [-0.1, -0.05) is 12.1 Å². The molecule has 0 aliphatic carbocycles. The Labute approximate surface area is 82.8 Å². The molecule has 0 radical (unpaired) electrons. The lowest BCUT2D eigenvalue weighted by Crippen LogP contribution is -2.14. The van der Waals surface area contributed by atoms with Crippen molar-refractivity contribution >= 4 is 15.8 Å². The maximum Gasteiger partial charge on any atom is 0.238 e. The Bertz CT molecular complexity index is 477. The third kappa shape index (κ3) is 2.18. The van der Waals surface area contributed by atoms with Crippen LogP contribution < -0.4 is 5.14 Å². The van der Waals surface area contributed by atoms with Crippen LogP contribution in [0.15, 0.2) is 23.1 Å². The molecule has 0 atom stereocenters. The number of ketones is 1. The van der Waals surface area contributed by atoms with Gasteiger partial charge in [-0.05, 0) is 25.5 Å². The second kappa shape index (κ2) is 3.51. The van der Waals surface area contributed by atoms with Crippen molar-refractivity contribution in [2.45, 2.75) is 18.7 Å². The minimum Gasteiger partial charge on any atom is -0.295 e. The Hall–Kier alpha value is -1.20. The largest absolute Gasteiger partial charge is 0.295 e. The first kappa shape index (κ1) is 10.9. The van der Waals surface area contributed by atoms with Crippen molar-refractivity contribution in [3.8, 4) is 0 Å². The molecule has 14 heavy (non-hydrogen) atoms. The number of hydrogen-bond donors (Lipinski definition) is 1. The van der Waals surface area contributed by atoms with Gasteiger partial charge in [-0.2, -0.15) is 0 Å². The number of primary sulfonamides is 1. The molecule has 1 rings (SSSR count). The Morgan fingerprint density at radius 2 is 1.93 bits per heavy atom. The summed E-state index contributed by atoms with van der Waals surface area (Å²) >= 11 is 0. The molecule has 0 fully saturated rings. The van der Waals surface area contributed by atoms with Gasteiger partial charge in [0, 0.05) is 5.56 Å². The van der Waals surface area contributed by atoms with E-state index in [0.717, 1.165) is 0 Å². The number of carbonyl (C=O) groups excluding carboxylic acids is 1. The van der Waals surface area contributed by atoms with E-state index < -0.39 is 10.0 Å². The summed E-state index contributed by atoms with van der Waals surface area (Å²) in [6, 6.07) is 4.44. The zero-order valence-electron chi connectivity index (χ0n) is 7.94. The van der Waals surface area contributed by atoms with Crippen LogP contribution in [-0.4, -0.2) is 14.2 Å². The van der Waals surface area contributed by atoms with Crippen LogP contribution in [0.4, 0.5) is 0 Å². The smallest absolute Gasteiger partial charge is 0.238 e. The van der Waals surface area contributed by atoms with E-state index >= 15 is 0 Å². The Morgan fingerprint density at radius 1 is 1.36 bits per heavy atom. The second-order valence-electron chi connectivity index (χ2n) is 3.08. The van der Waals surface area contributed by atoms with Crippen LogP contribution in [0.1, 0.15) is 22.8 Å². The Morgan fingerprint density at radius 3 is 2.36 bits per heavy atom. The molecule has 2 N–H and O–H groups in total. The quantitative estimate of drug-likeness (QED) is 0.739. The van der Waals surface area contributed by atoms with Crippen molar-refractivity contribution in [1.29, 1.82) is 0 Å². The number of benzene rings is 1. The number of carbonyl (C=O) groups is 1. The lowest BCUT2D eigenvalue weighted by atomic mass is 10.1. The number of rotatable bonds is 2. The summed E-state index contributed by atoms with van der Waals surface area (Å²) in [4.78, 5) is 11.0. The molecule has 0 aromatic heterocycles. The minimum atomic E-state index is -3.74. The van der Waals surface area contributed by atoms with Gasteiger partial charge in [0.05, 0.1) is 4.90 Å². The molecular weight excluding hydrogens is 202 g/mol. The van der Waals surface area contributed by atoms with Crippen molar-refractivity contribution in [2.24, 2.45) is 5.14 Å². The average Bonchev–Trinajstić information content (AvgIpc) is 2.02. The van der Waals surface area contributed by atoms with Crippen LogP contribution in [-0.2, 0) is 10.0 Å². The number of nitrogens with two attached hydrogens (primary N) is 1. The van der Waals surface area contributed by atoms with E-state index in [1.54, 1.807) is 19.1 Å². The topological polar surface area (TPSA) is 77.2 Å². The fourth-order valence-corrected chi connectivity index (χ4v) is 1.93. The van der Waals surface area contributed by atoms with Gasteiger partial charge in [0.1, 0.15) is 0 Å². The summed E-state index contributed by atoms with van der Waals surface area (Å²) in [6.07, 6.45) is 0. The first-order valence-corrected chi connectivity index (χ1v) is 5.51. The average molecular weight is 213 g/mol. The summed E-state index contributed by atoms with van der Waals surface area (Å²) in [6.45, 7) is 3.00. The van der Waals surface area contributed by atoms with Crippen molar-refractivity contribution in [3.63, 3.8) is 0 Å². The minimum absolute atomic E-state index is 0.00481. The maximum atomic E-state index is 11.1. The van der Waals surface area contributed by atoms with Gasteiger partial charge >= 0.3 is 0 Å². The van der Waals surface area contributed by atoms with Gasteiger partial charge in [-0.15, -0.1) is 0 Å². The van der Waals surface area contributed by atoms with E-state index in [2.05, 4.69) is 0 Å². The monoisotopic (exact) mass is 213 g/mol. The summed E-state index contributed by atoms with van der Waals surface area (Å²) < 4.78 is 22.2. The SMILES string of the molecule is CC(=O)c1ccc(C)c(S(N)(=O)=O)c1. The highest BCUT2D eigenvalue weighted by Crippen LogP contribution is 2.15. The van der Waals surface area contributed by atoms with Gasteiger partial charge in [-0.25, -0.2) is 13.6 Å². The fraction of sp³-hybridized carbons (Fsp3) is 0.222. The number of Topliss-reactive ketones (excluding diaryl/α,β-unsaturated/α-hetero) is 1. The van der Waals surface area contributed by atoms with Crippen LogP contribution in [0.2, 0.25) is 0 Å². The number of sulfonamides is 1. The maximum absolute atomic E-state index is 11.1. The molecule has 0 saturated heterocycles. The summed E-state index contributed by atoms with van der Waals surface area (Å²) in [5.74, 6) is -0.185. The first-order chi connectivity index (χ1) is 6.32. The summed E-state index contributed by atoms with van der Waals surface area (Å²) in [7, 11) is -3.74. The highest BCUT2D eigenvalue weighted by molar-refractivity contribution is 7.89. The van der Waals surface area contributed by atoms with Crippen LogP contribution in [0.3, 0.4) is 0 Å². The third-order valence-electron chi connectivity index (χ3n) is 1.90. The molecule has 0 heterocycles. The lowest BCUT2D eigenvalue weighted by molar-refractivity contribution is 0.101.